The second kappa shape index (κ2) is 14.3. The van der Waals surface area contributed by atoms with Crippen LogP contribution < -0.4 is 10.6 Å². The van der Waals surface area contributed by atoms with Crippen molar-refractivity contribution in [2.75, 3.05) is 18.4 Å². The highest BCUT2D eigenvalue weighted by molar-refractivity contribution is 7.15. The zero-order valence-corrected chi connectivity index (χ0v) is 20.0. The number of nitrogens with zero attached hydrogens (tertiary/aromatic N) is 3. The molecule has 2 heterocycles. The maximum Gasteiger partial charge on any atom is 0.490 e. The van der Waals surface area contributed by atoms with Crippen molar-refractivity contribution in [3.8, 4) is 0 Å². The number of halogens is 6. The second-order valence-electron chi connectivity index (χ2n) is 7.37. The summed E-state index contributed by atoms with van der Waals surface area (Å²) in [5.74, 6) is -5.51. The molecular formula is C20H23F6N5O5S. The number of carbonyl (C=O) groups is 3. The number of nitrogens with one attached hydrogen (secondary N) is 2. The lowest BCUT2D eigenvalue weighted by molar-refractivity contribution is -0.193. The number of alkyl halides is 6. The Labute approximate surface area is 210 Å². The summed E-state index contributed by atoms with van der Waals surface area (Å²) >= 11 is 1.38. The minimum absolute atomic E-state index is 0.192. The maximum absolute atomic E-state index is 12.0. The predicted molar refractivity (Wildman–Crippen MR) is 119 cm³/mol. The molecule has 37 heavy (non-hydrogen) atoms. The van der Waals surface area contributed by atoms with Crippen molar-refractivity contribution in [3.05, 3.63) is 40.9 Å². The van der Waals surface area contributed by atoms with Crippen molar-refractivity contribution >= 4 is 34.4 Å². The standard InChI is InChI=1S/C16H21N5OS.2C2HF3O2/c1-12-19-20-16(23-12)18-15(22)17-14-7-9-21(10-8-14)11-13-5-3-2-4-6-13;2*3-2(4,5)1(6)7/h2-6,14H,7-11H2,1H3,(H2,17,18,20,22);2*(H,6,7). The fraction of sp³-hybridized carbons (Fsp3) is 0.450. The average molecular weight is 559 g/mol. The number of aromatic nitrogens is 2. The Hall–Kier alpha value is -3.47. The molecule has 0 spiro atoms. The van der Waals surface area contributed by atoms with Gasteiger partial charge in [0.05, 0.1) is 0 Å². The molecule has 2 amide bonds. The Morgan fingerprint density at radius 3 is 1.86 bits per heavy atom. The first-order valence-corrected chi connectivity index (χ1v) is 11.1. The van der Waals surface area contributed by atoms with Crippen molar-refractivity contribution in [3.63, 3.8) is 0 Å². The normalized spacial score (nSPS) is 14.4. The van der Waals surface area contributed by atoms with Crippen molar-refractivity contribution in [2.45, 2.75) is 44.7 Å². The molecule has 3 rings (SSSR count). The molecule has 0 aliphatic carbocycles. The summed E-state index contributed by atoms with van der Waals surface area (Å²) in [5.41, 5.74) is 1.34. The lowest BCUT2D eigenvalue weighted by Crippen LogP contribution is -2.45. The molecule has 4 N–H and O–H groups in total. The number of hydrogen-bond donors (Lipinski definition) is 4. The number of likely N-dealkylation sites (tertiary alicyclic amines) is 1. The lowest BCUT2D eigenvalue weighted by Gasteiger charge is -2.32. The van der Waals surface area contributed by atoms with Crippen LogP contribution in [0, 0.1) is 6.92 Å². The summed E-state index contributed by atoms with van der Waals surface area (Å²) in [6, 6.07) is 10.5. The van der Waals surface area contributed by atoms with E-state index in [2.05, 4.69) is 50.0 Å². The van der Waals surface area contributed by atoms with E-state index in [1.807, 2.05) is 13.0 Å². The number of carboxylic acids is 2. The lowest BCUT2D eigenvalue weighted by atomic mass is 10.0. The molecule has 1 aromatic heterocycles. The van der Waals surface area contributed by atoms with Crippen molar-refractivity contribution in [1.82, 2.24) is 20.4 Å². The van der Waals surface area contributed by atoms with Gasteiger partial charge in [-0.05, 0) is 25.3 Å². The summed E-state index contributed by atoms with van der Waals surface area (Å²) in [7, 11) is 0. The Kier molecular flexibility index (Phi) is 12.2. The van der Waals surface area contributed by atoms with Crippen LogP contribution in [0.15, 0.2) is 30.3 Å². The third-order valence-electron chi connectivity index (χ3n) is 4.40. The molecule has 0 unspecified atom stereocenters. The van der Waals surface area contributed by atoms with E-state index in [1.165, 1.54) is 16.9 Å². The van der Waals surface area contributed by atoms with Gasteiger partial charge in [-0.1, -0.05) is 41.7 Å². The fourth-order valence-electron chi connectivity index (χ4n) is 2.74. The number of piperidine rings is 1. The third-order valence-corrected chi connectivity index (χ3v) is 5.16. The van der Waals surface area contributed by atoms with Gasteiger partial charge in [0.25, 0.3) is 0 Å². The number of anilines is 1. The first-order valence-electron chi connectivity index (χ1n) is 10.3. The number of carboxylic acid groups (broad SMARTS) is 2. The monoisotopic (exact) mass is 559 g/mol. The number of urea groups is 1. The van der Waals surface area contributed by atoms with Gasteiger partial charge in [-0.2, -0.15) is 26.3 Å². The summed E-state index contributed by atoms with van der Waals surface area (Å²) < 4.78 is 63.5. The van der Waals surface area contributed by atoms with Crippen molar-refractivity contribution in [1.29, 1.82) is 0 Å². The van der Waals surface area contributed by atoms with Crippen molar-refractivity contribution in [2.24, 2.45) is 0 Å². The molecule has 0 bridgehead atoms. The van der Waals surface area contributed by atoms with Crippen LogP contribution in [-0.2, 0) is 16.1 Å². The predicted octanol–water partition coefficient (Wildman–Crippen LogP) is 3.90. The molecule has 0 radical (unpaired) electrons. The minimum atomic E-state index is -5.08. The van der Waals surface area contributed by atoms with Crippen molar-refractivity contribution < 1.29 is 50.9 Å². The van der Waals surface area contributed by atoms with E-state index in [1.54, 1.807) is 0 Å². The number of aryl methyl sites for hydroxylation is 1. The summed E-state index contributed by atoms with van der Waals surface area (Å²) in [4.78, 5) is 32.2. The van der Waals surface area contributed by atoms with Gasteiger partial charge in [0.1, 0.15) is 5.01 Å². The van der Waals surface area contributed by atoms with E-state index >= 15 is 0 Å². The highest BCUT2D eigenvalue weighted by Crippen LogP contribution is 2.16. The molecule has 0 saturated carbocycles. The second-order valence-corrected chi connectivity index (χ2v) is 8.55. The van der Waals surface area contributed by atoms with Gasteiger partial charge >= 0.3 is 30.3 Å². The van der Waals surface area contributed by atoms with E-state index in [9.17, 15) is 31.1 Å². The third kappa shape index (κ3) is 13.4. The van der Waals surface area contributed by atoms with Crippen LogP contribution in [0.3, 0.4) is 0 Å². The summed E-state index contributed by atoms with van der Waals surface area (Å²) in [6.07, 6.45) is -8.23. The number of benzene rings is 1. The van der Waals surface area contributed by atoms with E-state index < -0.39 is 24.3 Å². The quantitative estimate of drug-likeness (QED) is 0.413. The largest absolute Gasteiger partial charge is 0.490 e. The molecule has 206 valence electrons. The van der Waals surface area contributed by atoms with Gasteiger partial charge in [0.15, 0.2) is 0 Å². The van der Waals surface area contributed by atoms with Gasteiger partial charge in [-0.25, -0.2) is 14.4 Å². The first kappa shape index (κ1) is 31.6. The van der Waals surface area contributed by atoms with Crippen LogP contribution in [0.4, 0.5) is 36.3 Å². The molecule has 10 nitrogen and oxygen atoms in total. The van der Waals surface area contributed by atoms with Gasteiger partial charge < -0.3 is 15.5 Å². The average Bonchev–Trinajstić information content (AvgIpc) is 3.19. The molecule has 1 fully saturated rings. The van der Waals surface area contributed by atoms with E-state index in [4.69, 9.17) is 19.8 Å². The summed E-state index contributed by atoms with van der Waals surface area (Å²) in [5, 5.41) is 29.2. The topological polar surface area (TPSA) is 145 Å². The fourth-order valence-corrected chi connectivity index (χ4v) is 3.33. The van der Waals surface area contributed by atoms with Gasteiger partial charge in [0, 0.05) is 25.7 Å². The Morgan fingerprint density at radius 2 is 1.46 bits per heavy atom. The smallest absolute Gasteiger partial charge is 0.475 e. The molecular weight excluding hydrogens is 536 g/mol. The maximum atomic E-state index is 12.0. The Morgan fingerprint density at radius 1 is 0.973 bits per heavy atom. The molecule has 0 atom stereocenters. The van der Waals surface area contributed by atoms with Crippen LogP contribution in [0.25, 0.3) is 0 Å². The summed E-state index contributed by atoms with van der Waals surface area (Å²) in [6.45, 7) is 4.84. The van der Waals surface area contributed by atoms with E-state index in [0.717, 1.165) is 37.5 Å². The molecule has 2 aromatic rings. The molecule has 1 saturated heterocycles. The highest BCUT2D eigenvalue weighted by Gasteiger charge is 2.38. The number of hydrogen-bond acceptors (Lipinski definition) is 7. The Balaban J connectivity index is 0.000000404. The number of rotatable bonds is 4. The number of aliphatic carboxylic acids is 2. The highest BCUT2D eigenvalue weighted by atomic mass is 32.1. The minimum Gasteiger partial charge on any atom is -0.475 e. The molecule has 1 aliphatic rings. The molecule has 1 aliphatic heterocycles. The zero-order valence-electron chi connectivity index (χ0n) is 19.1. The van der Waals surface area contributed by atoms with Crippen LogP contribution in [0.2, 0.25) is 0 Å². The van der Waals surface area contributed by atoms with Gasteiger partial charge in [-0.3, -0.25) is 10.2 Å². The molecule has 17 heteroatoms. The van der Waals surface area contributed by atoms with Gasteiger partial charge in [-0.15, -0.1) is 10.2 Å². The van der Waals surface area contributed by atoms with Gasteiger partial charge in [0.2, 0.25) is 5.13 Å². The van der Waals surface area contributed by atoms with Crippen LogP contribution in [-0.4, -0.2) is 74.8 Å². The number of amides is 2. The van der Waals surface area contributed by atoms with Crippen LogP contribution >= 0.6 is 11.3 Å². The first-order chi connectivity index (χ1) is 17.1. The van der Waals surface area contributed by atoms with E-state index in [-0.39, 0.29) is 12.1 Å². The van der Waals surface area contributed by atoms with E-state index in [0.29, 0.717) is 5.13 Å². The van der Waals surface area contributed by atoms with Crippen LogP contribution in [0.5, 0.6) is 0 Å². The zero-order chi connectivity index (χ0) is 28.2. The van der Waals surface area contributed by atoms with Crippen LogP contribution in [0.1, 0.15) is 23.4 Å². The molecule has 1 aromatic carbocycles. The number of carbonyl (C=O) groups excluding carboxylic acids is 1. The Bertz CT molecular complexity index is 987. The SMILES string of the molecule is Cc1nnc(NC(=O)NC2CCN(Cc3ccccc3)CC2)s1.O=C(O)C(F)(F)F.O=C(O)C(F)(F)F.